The van der Waals surface area contributed by atoms with E-state index in [9.17, 15) is 9.59 Å². The fourth-order valence-corrected chi connectivity index (χ4v) is 2.61. The molecular weight excluding hydrogens is 282 g/mol. The van der Waals surface area contributed by atoms with Crippen molar-refractivity contribution in [3.63, 3.8) is 0 Å². The van der Waals surface area contributed by atoms with E-state index in [1.807, 2.05) is 11.8 Å². The number of ether oxygens (including phenoxy) is 1. The maximum atomic E-state index is 12.4. The zero-order chi connectivity index (χ0) is 16.1. The molecule has 0 radical (unpaired) electrons. The number of likely N-dealkylation sites (tertiary alicyclic amines) is 1. The Kier molecular flexibility index (Phi) is 5.25. The van der Waals surface area contributed by atoms with Crippen LogP contribution in [0.3, 0.4) is 0 Å². The molecule has 0 spiro atoms. The number of hydrogen-bond acceptors (Lipinski definition) is 4. The molecule has 1 aliphatic rings. The van der Waals surface area contributed by atoms with Gasteiger partial charge in [-0.15, -0.1) is 0 Å². The van der Waals surface area contributed by atoms with E-state index in [-0.39, 0.29) is 17.9 Å². The van der Waals surface area contributed by atoms with Crippen LogP contribution < -0.4 is 15.4 Å². The molecule has 1 fully saturated rings. The van der Waals surface area contributed by atoms with Crippen LogP contribution in [0.25, 0.3) is 0 Å². The number of hydrogen-bond donors (Lipinski definition) is 2. The molecule has 1 aromatic carbocycles. The zero-order valence-corrected chi connectivity index (χ0v) is 13.3. The number of methoxy groups -OCH3 is 1. The van der Waals surface area contributed by atoms with Crippen LogP contribution in [-0.2, 0) is 9.59 Å². The van der Waals surface area contributed by atoms with Crippen molar-refractivity contribution >= 4 is 23.2 Å². The van der Waals surface area contributed by atoms with Gasteiger partial charge < -0.3 is 20.3 Å². The Balaban J connectivity index is 2.11. The first-order chi connectivity index (χ1) is 10.5. The first-order valence-electron chi connectivity index (χ1n) is 7.52. The Morgan fingerprint density at radius 1 is 1.27 bits per heavy atom. The van der Waals surface area contributed by atoms with Crippen molar-refractivity contribution in [1.29, 1.82) is 0 Å². The summed E-state index contributed by atoms with van der Waals surface area (Å²) in [5.41, 5.74) is 1.35. The van der Waals surface area contributed by atoms with Gasteiger partial charge in [-0.25, -0.2) is 0 Å². The quantitative estimate of drug-likeness (QED) is 0.874. The third-order valence-corrected chi connectivity index (χ3v) is 3.68. The predicted octanol–water partition coefficient (Wildman–Crippen LogP) is 2.08. The van der Waals surface area contributed by atoms with E-state index in [2.05, 4.69) is 10.6 Å². The number of carbonyl (C=O) groups excluding carboxylic acids is 2. The molecular formula is C16H23N3O3. The predicted molar refractivity (Wildman–Crippen MR) is 86.2 cm³/mol. The van der Waals surface area contributed by atoms with Crippen LogP contribution in [0, 0.1) is 0 Å². The van der Waals surface area contributed by atoms with Crippen LogP contribution >= 0.6 is 0 Å². The molecule has 1 heterocycles. The van der Waals surface area contributed by atoms with E-state index in [0.29, 0.717) is 17.1 Å². The summed E-state index contributed by atoms with van der Waals surface area (Å²) in [6.45, 7) is 4.95. The smallest absolute Gasteiger partial charge is 0.244 e. The highest BCUT2D eigenvalue weighted by Gasteiger charge is 2.23. The number of nitrogens with one attached hydrogen (secondary N) is 2. The summed E-state index contributed by atoms with van der Waals surface area (Å²) in [5.74, 6) is 0.581. The molecule has 1 aromatic rings. The fourth-order valence-electron chi connectivity index (χ4n) is 2.61. The first kappa shape index (κ1) is 16.1. The summed E-state index contributed by atoms with van der Waals surface area (Å²) in [7, 11) is 1.57. The van der Waals surface area contributed by atoms with Gasteiger partial charge in [-0.2, -0.15) is 0 Å². The molecule has 1 aliphatic heterocycles. The zero-order valence-electron chi connectivity index (χ0n) is 13.3. The molecule has 0 unspecified atom stereocenters. The Hall–Kier alpha value is -2.24. The molecule has 0 saturated carbocycles. The largest absolute Gasteiger partial charge is 0.495 e. The average Bonchev–Trinajstić information content (AvgIpc) is 3.00. The molecule has 0 aliphatic carbocycles. The molecule has 22 heavy (non-hydrogen) atoms. The van der Waals surface area contributed by atoms with Crippen LogP contribution in [0.1, 0.15) is 26.7 Å². The van der Waals surface area contributed by atoms with Crippen molar-refractivity contribution in [2.75, 3.05) is 30.8 Å². The lowest BCUT2D eigenvalue weighted by molar-refractivity contribution is -0.130. The van der Waals surface area contributed by atoms with Gasteiger partial charge in [-0.3, -0.25) is 9.59 Å². The molecule has 6 heteroatoms. The highest BCUT2D eigenvalue weighted by molar-refractivity contribution is 5.90. The standard InChI is InChI=1S/C16H23N3O3/c1-11(16(21)19-8-4-5-9-19)17-14-10-13(18-12(2)20)6-7-15(14)22-3/h6-7,10-11,17H,4-5,8-9H2,1-3H3,(H,18,20)/t11-/m0/s1. The number of anilines is 2. The van der Waals surface area contributed by atoms with Gasteiger partial charge in [0.2, 0.25) is 11.8 Å². The normalized spacial score (nSPS) is 15.3. The van der Waals surface area contributed by atoms with Gasteiger partial charge in [-0.05, 0) is 38.0 Å². The molecule has 2 amide bonds. The highest BCUT2D eigenvalue weighted by atomic mass is 16.5. The summed E-state index contributed by atoms with van der Waals surface area (Å²) in [5, 5.41) is 5.91. The maximum absolute atomic E-state index is 12.4. The average molecular weight is 305 g/mol. The topological polar surface area (TPSA) is 70.7 Å². The molecule has 0 aromatic heterocycles. The number of rotatable bonds is 5. The monoisotopic (exact) mass is 305 g/mol. The van der Waals surface area contributed by atoms with Gasteiger partial charge in [0, 0.05) is 25.7 Å². The minimum atomic E-state index is -0.348. The van der Waals surface area contributed by atoms with E-state index in [4.69, 9.17) is 4.74 Å². The van der Waals surface area contributed by atoms with E-state index < -0.39 is 0 Å². The number of nitrogens with zero attached hydrogens (tertiary/aromatic N) is 1. The first-order valence-corrected chi connectivity index (χ1v) is 7.52. The van der Waals surface area contributed by atoms with E-state index >= 15 is 0 Å². The summed E-state index contributed by atoms with van der Waals surface area (Å²) in [6, 6.07) is 4.95. The molecule has 2 N–H and O–H groups in total. The number of amides is 2. The summed E-state index contributed by atoms with van der Waals surface area (Å²) < 4.78 is 5.31. The minimum absolute atomic E-state index is 0.0875. The fraction of sp³-hybridized carbons (Fsp3) is 0.500. The lowest BCUT2D eigenvalue weighted by atomic mass is 10.2. The van der Waals surface area contributed by atoms with Gasteiger partial charge in [0.25, 0.3) is 0 Å². The van der Waals surface area contributed by atoms with Crippen LogP contribution in [0.4, 0.5) is 11.4 Å². The third kappa shape index (κ3) is 3.90. The van der Waals surface area contributed by atoms with E-state index in [1.165, 1.54) is 6.92 Å². The Morgan fingerprint density at radius 2 is 1.95 bits per heavy atom. The maximum Gasteiger partial charge on any atom is 0.244 e. The van der Waals surface area contributed by atoms with Gasteiger partial charge in [0.1, 0.15) is 11.8 Å². The second-order valence-corrected chi connectivity index (χ2v) is 5.49. The Morgan fingerprint density at radius 3 is 2.55 bits per heavy atom. The SMILES string of the molecule is COc1ccc(NC(C)=O)cc1N[C@@H](C)C(=O)N1CCCC1. The van der Waals surface area contributed by atoms with Crippen molar-refractivity contribution in [2.45, 2.75) is 32.7 Å². The van der Waals surface area contributed by atoms with Gasteiger partial charge in [0.05, 0.1) is 12.8 Å². The highest BCUT2D eigenvalue weighted by Crippen LogP contribution is 2.28. The second-order valence-electron chi connectivity index (χ2n) is 5.49. The van der Waals surface area contributed by atoms with Crippen molar-refractivity contribution in [2.24, 2.45) is 0 Å². The number of carbonyl (C=O) groups is 2. The van der Waals surface area contributed by atoms with Crippen molar-refractivity contribution < 1.29 is 14.3 Å². The van der Waals surface area contributed by atoms with Crippen LogP contribution in [0.15, 0.2) is 18.2 Å². The Labute approximate surface area is 130 Å². The molecule has 120 valence electrons. The minimum Gasteiger partial charge on any atom is -0.495 e. The van der Waals surface area contributed by atoms with Crippen molar-refractivity contribution in [1.82, 2.24) is 4.90 Å². The van der Waals surface area contributed by atoms with Gasteiger partial charge in [-0.1, -0.05) is 0 Å². The lowest BCUT2D eigenvalue weighted by Gasteiger charge is -2.23. The Bertz CT molecular complexity index is 554. The van der Waals surface area contributed by atoms with E-state index in [1.54, 1.807) is 25.3 Å². The van der Waals surface area contributed by atoms with Crippen LogP contribution in [-0.4, -0.2) is 43.0 Å². The van der Waals surface area contributed by atoms with E-state index in [0.717, 1.165) is 25.9 Å². The van der Waals surface area contributed by atoms with Gasteiger partial charge >= 0.3 is 0 Å². The lowest BCUT2D eigenvalue weighted by Crippen LogP contribution is -2.39. The molecule has 0 bridgehead atoms. The summed E-state index contributed by atoms with van der Waals surface area (Å²) in [6.07, 6.45) is 2.14. The molecule has 2 rings (SSSR count). The van der Waals surface area contributed by atoms with Crippen molar-refractivity contribution in [3.8, 4) is 5.75 Å². The second kappa shape index (κ2) is 7.15. The third-order valence-electron chi connectivity index (χ3n) is 3.68. The van der Waals surface area contributed by atoms with Crippen LogP contribution in [0.5, 0.6) is 5.75 Å². The molecule has 1 saturated heterocycles. The van der Waals surface area contributed by atoms with Gasteiger partial charge in [0.15, 0.2) is 0 Å². The molecule has 1 atom stereocenters. The summed E-state index contributed by atoms with van der Waals surface area (Å²) >= 11 is 0. The number of benzene rings is 1. The molecule has 6 nitrogen and oxygen atoms in total. The summed E-state index contributed by atoms with van der Waals surface area (Å²) in [4.78, 5) is 25.4. The van der Waals surface area contributed by atoms with Crippen LogP contribution in [0.2, 0.25) is 0 Å². The van der Waals surface area contributed by atoms with Crippen molar-refractivity contribution in [3.05, 3.63) is 18.2 Å².